The fourth-order valence-electron chi connectivity index (χ4n) is 3.10. The second-order valence-corrected chi connectivity index (χ2v) is 7.02. The van der Waals surface area contributed by atoms with Gasteiger partial charge in [-0.2, -0.15) is 0 Å². The number of carbonyl (C=O) groups is 1. The molecule has 1 amide bonds. The van der Waals surface area contributed by atoms with Gasteiger partial charge in [-0.15, -0.1) is 0 Å². The van der Waals surface area contributed by atoms with Crippen LogP contribution in [0.3, 0.4) is 0 Å². The van der Waals surface area contributed by atoms with Crippen molar-refractivity contribution in [1.29, 1.82) is 0 Å². The summed E-state index contributed by atoms with van der Waals surface area (Å²) in [5.74, 6) is 0.533. The first-order valence-electron chi connectivity index (χ1n) is 7.64. The third-order valence-electron chi connectivity index (χ3n) is 4.57. The lowest BCUT2D eigenvalue weighted by molar-refractivity contribution is -0.138. The first kappa shape index (κ1) is 16.3. The third kappa shape index (κ3) is 3.41. The topological polar surface area (TPSA) is 46.3 Å². The van der Waals surface area contributed by atoms with E-state index in [9.17, 15) is 4.79 Å². The molecule has 1 aromatic carbocycles. The Kier molecular flexibility index (Phi) is 4.95. The molecule has 2 atom stereocenters. The molecule has 1 saturated heterocycles. The number of nitrogens with two attached hydrogens (primary N) is 1. The van der Waals surface area contributed by atoms with Crippen LogP contribution in [-0.2, 0) is 10.2 Å². The average Bonchev–Trinajstić information content (AvgIpc) is 2.46. The number of halogens is 1. The molecule has 0 spiro atoms. The SMILES string of the molecule is CC(N)C1CCCN(C(=O)C(C)(C)c2ccccc2Cl)C1. The van der Waals surface area contributed by atoms with Gasteiger partial charge in [-0.05, 0) is 51.2 Å². The van der Waals surface area contributed by atoms with Crippen LogP contribution in [0.25, 0.3) is 0 Å². The minimum absolute atomic E-state index is 0.129. The van der Waals surface area contributed by atoms with Crippen LogP contribution in [0.1, 0.15) is 39.2 Å². The van der Waals surface area contributed by atoms with Crippen molar-refractivity contribution in [1.82, 2.24) is 4.90 Å². The summed E-state index contributed by atoms with van der Waals surface area (Å²) in [5.41, 5.74) is 6.29. The van der Waals surface area contributed by atoms with E-state index in [1.165, 1.54) is 0 Å². The molecule has 2 unspecified atom stereocenters. The van der Waals surface area contributed by atoms with E-state index >= 15 is 0 Å². The molecule has 21 heavy (non-hydrogen) atoms. The second kappa shape index (κ2) is 6.37. The van der Waals surface area contributed by atoms with Crippen molar-refractivity contribution >= 4 is 17.5 Å². The van der Waals surface area contributed by atoms with Crippen molar-refractivity contribution in [3.8, 4) is 0 Å². The van der Waals surface area contributed by atoms with Crippen LogP contribution in [0.2, 0.25) is 5.02 Å². The van der Waals surface area contributed by atoms with E-state index in [-0.39, 0.29) is 11.9 Å². The maximum atomic E-state index is 13.0. The molecule has 3 nitrogen and oxygen atoms in total. The minimum Gasteiger partial charge on any atom is -0.342 e. The summed E-state index contributed by atoms with van der Waals surface area (Å²) in [6, 6.07) is 7.72. The molecule has 1 aliphatic rings. The summed E-state index contributed by atoms with van der Waals surface area (Å²) in [6.45, 7) is 7.50. The van der Waals surface area contributed by atoms with Gasteiger partial charge in [0.1, 0.15) is 0 Å². The summed E-state index contributed by atoms with van der Waals surface area (Å²) in [4.78, 5) is 14.9. The standard InChI is InChI=1S/C17H25ClN2O/c1-12(19)13-7-6-10-20(11-13)16(21)17(2,3)14-8-4-5-9-15(14)18/h4-5,8-9,12-13H,6-7,10-11,19H2,1-3H3. The van der Waals surface area contributed by atoms with Gasteiger partial charge in [-0.3, -0.25) is 4.79 Å². The van der Waals surface area contributed by atoms with E-state index < -0.39 is 5.41 Å². The third-order valence-corrected chi connectivity index (χ3v) is 4.90. The molecule has 0 bridgehead atoms. The Balaban J connectivity index is 2.20. The van der Waals surface area contributed by atoms with Crippen molar-refractivity contribution in [3.63, 3.8) is 0 Å². The highest BCUT2D eigenvalue weighted by Crippen LogP contribution is 2.33. The lowest BCUT2D eigenvalue weighted by Crippen LogP contribution is -2.50. The Morgan fingerprint density at radius 3 is 2.71 bits per heavy atom. The van der Waals surface area contributed by atoms with Crippen LogP contribution in [0, 0.1) is 5.92 Å². The van der Waals surface area contributed by atoms with E-state index in [1.807, 2.05) is 49.9 Å². The van der Waals surface area contributed by atoms with Crippen LogP contribution >= 0.6 is 11.6 Å². The predicted molar refractivity (Wildman–Crippen MR) is 87.4 cm³/mol. The van der Waals surface area contributed by atoms with Crippen LogP contribution in [0.15, 0.2) is 24.3 Å². The Morgan fingerprint density at radius 1 is 1.43 bits per heavy atom. The lowest BCUT2D eigenvalue weighted by Gasteiger charge is -2.39. The van der Waals surface area contributed by atoms with E-state index in [1.54, 1.807) is 0 Å². The Labute approximate surface area is 132 Å². The molecule has 0 saturated carbocycles. The van der Waals surface area contributed by atoms with Gasteiger partial charge in [0.2, 0.25) is 5.91 Å². The number of likely N-dealkylation sites (tertiary alicyclic amines) is 1. The summed E-state index contributed by atoms with van der Waals surface area (Å²) in [5, 5.41) is 0.650. The molecule has 1 heterocycles. The fraction of sp³-hybridized carbons (Fsp3) is 0.588. The van der Waals surface area contributed by atoms with Gasteiger partial charge in [0.15, 0.2) is 0 Å². The maximum Gasteiger partial charge on any atom is 0.232 e. The summed E-state index contributed by atoms with van der Waals surface area (Å²) >= 11 is 6.28. The monoisotopic (exact) mass is 308 g/mol. The molecule has 1 aliphatic heterocycles. The second-order valence-electron chi connectivity index (χ2n) is 6.62. The molecule has 0 aliphatic carbocycles. The maximum absolute atomic E-state index is 13.0. The Hall–Kier alpha value is -1.06. The molecular weight excluding hydrogens is 284 g/mol. The number of nitrogens with zero attached hydrogens (tertiary/aromatic N) is 1. The quantitative estimate of drug-likeness (QED) is 0.932. The van der Waals surface area contributed by atoms with Crippen molar-refractivity contribution in [2.45, 2.75) is 45.1 Å². The van der Waals surface area contributed by atoms with Crippen molar-refractivity contribution in [2.75, 3.05) is 13.1 Å². The average molecular weight is 309 g/mol. The van der Waals surface area contributed by atoms with Gasteiger partial charge in [-0.25, -0.2) is 0 Å². The van der Waals surface area contributed by atoms with Crippen molar-refractivity contribution in [2.24, 2.45) is 11.7 Å². The van der Waals surface area contributed by atoms with Gasteiger partial charge >= 0.3 is 0 Å². The van der Waals surface area contributed by atoms with Crippen molar-refractivity contribution in [3.05, 3.63) is 34.9 Å². The van der Waals surface area contributed by atoms with Gasteiger partial charge in [0.25, 0.3) is 0 Å². The highest BCUT2D eigenvalue weighted by atomic mass is 35.5. The number of amides is 1. The molecule has 1 aromatic rings. The Morgan fingerprint density at radius 2 is 2.10 bits per heavy atom. The number of piperidine rings is 1. The molecule has 0 aromatic heterocycles. The highest BCUT2D eigenvalue weighted by Gasteiger charge is 2.37. The normalized spacial score (nSPS) is 21.2. The molecule has 116 valence electrons. The van der Waals surface area contributed by atoms with Crippen LogP contribution < -0.4 is 5.73 Å². The number of carbonyl (C=O) groups excluding carboxylic acids is 1. The molecule has 2 N–H and O–H groups in total. The predicted octanol–water partition coefficient (Wildman–Crippen LogP) is 3.20. The van der Waals surface area contributed by atoms with Crippen molar-refractivity contribution < 1.29 is 4.79 Å². The van der Waals surface area contributed by atoms with Gasteiger partial charge in [0.05, 0.1) is 5.41 Å². The van der Waals surface area contributed by atoms with E-state index in [4.69, 9.17) is 17.3 Å². The molecule has 0 radical (unpaired) electrons. The number of benzene rings is 1. The highest BCUT2D eigenvalue weighted by molar-refractivity contribution is 6.31. The zero-order chi connectivity index (χ0) is 15.6. The molecular formula is C17H25ClN2O. The largest absolute Gasteiger partial charge is 0.342 e. The first-order valence-corrected chi connectivity index (χ1v) is 8.01. The van der Waals surface area contributed by atoms with E-state index in [0.717, 1.165) is 31.5 Å². The zero-order valence-electron chi connectivity index (χ0n) is 13.1. The van der Waals surface area contributed by atoms with Crippen LogP contribution in [0.4, 0.5) is 0 Å². The van der Waals surface area contributed by atoms with E-state index in [0.29, 0.717) is 10.9 Å². The van der Waals surface area contributed by atoms with Gasteiger partial charge < -0.3 is 10.6 Å². The number of rotatable bonds is 3. The minimum atomic E-state index is -0.613. The number of hydrogen-bond donors (Lipinski definition) is 1. The molecule has 1 fully saturated rings. The zero-order valence-corrected chi connectivity index (χ0v) is 13.9. The first-order chi connectivity index (χ1) is 9.84. The smallest absolute Gasteiger partial charge is 0.232 e. The van der Waals surface area contributed by atoms with Gasteiger partial charge in [-0.1, -0.05) is 29.8 Å². The van der Waals surface area contributed by atoms with Crippen LogP contribution in [-0.4, -0.2) is 29.9 Å². The van der Waals surface area contributed by atoms with E-state index in [2.05, 4.69) is 0 Å². The van der Waals surface area contributed by atoms with Crippen LogP contribution in [0.5, 0.6) is 0 Å². The Bertz CT molecular complexity index is 513. The molecule has 2 rings (SSSR count). The summed E-state index contributed by atoms with van der Waals surface area (Å²) in [7, 11) is 0. The number of hydrogen-bond acceptors (Lipinski definition) is 2. The summed E-state index contributed by atoms with van der Waals surface area (Å²) in [6.07, 6.45) is 2.13. The lowest BCUT2D eigenvalue weighted by atomic mass is 9.81. The molecule has 4 heteroatoms. The van der Waals surface area contributed by atoms with Gasteiger partial charge in [0, 0.05) is 24.2 Å². The fourth-order valence-corrected chi connectivity index (χ4v) is 3.47. The summed E-state index contributed by atoms with van der Waals surface area (Å²) < 4.78 is 0.